The van der Waals surface area contributed by atoms with E-state index in [1.54, 1.807) is 0 Å². The third kappa shape index (κ3) is 3.29. The molecule has 0 aliphatic carbocycles. The first-order valence-electron chi connectivity index (χ1n) is 3.09. The zero-order valence-electron chi connectivity index (χ0n) is 6.33. The quantitative estimate of drug-likeness (QED) is 0.229. The van der Waals surface area contributed by atoms with Crippen LogP contribution in [0.3, 0.4) is 0 Å². The van der Waals surface area contributed by atoms with Gasteiger partial charge in [-0.25, -0.2) is 0 Å². The molecular weight excluding hydrogens is 132 g/mol. The van der Waals surface area contributed by atoms with E-state index in [1.165, 1.54) is 0 Å². The highest BCUT2D eigenvalue weighted by Gasteiger charge is 2.18. The van der Waals surface area contributed by atoms with Crippen molar-refractivity contribution in [2.75, 3.05) is 6.61 Å². The van der Waals surface area contributed by atoms with Crippen molar-refractivity contribution in [3.8, 4) is 0 Å². The molecule has 10 heavy (non-hydrogen) atoms. The van der Waals surface area contributed by atoms with E-state index in [-0.39, 0.29) is 17.9 Å². The zero-order valence-corrected chi connectivity index (χ0v) is 6.33. The van der Waals surface area contributed by atoms with E-state index >= 15 is 0 Å². The standard InChI is InChI=1S/C6H14N2O2/c1-6(2,4-9)3-5(7)8-10/h9-10H,3-4H2,1-2H3,(H2,7,8). The van der Waals surface area contributed by atoms with Crippen LogP contribution in [0.4, 0.5) is 0 Å². The van der Waals surface area contributed by atoms with Crippen molar-refractivity contribution >= 4 is 5.84 Å². The number of aliphatic hydroxyl groups is 1. The molecule has 4 N–H and O–H groups in total. The van der Waals surface area contributed by atoms with Crippen molar-refractivity contribution in [2.45, 2.75) is 20.3 Å². The molecule has 0 saturated carbocycles. The molecule has 0 spiro atoms. The number of hydrogen-bond acceptors (Lipinski definition) is 3. The van der Waals surface area contributed by atoms with Crippen molar-refractivity contribution < 1.29 is 10.3 Å². The summed E-state index contributed by atoms with van der Waals surface area (Å²) >= 11 is 0. The van der Waals surface area contributed by atoms with Gasteiger partial charge in [0.25, 0.3) is 0 Å². The Morgan fingerprint density at radius 1 is 1.60 bits per heavy atom. The third-order valence-electron chi connectivity index (χ3n) is 1.22. The van der Waals surface area contributed by atoms with Crippen molar-refractivity contribution in [1.82, 2.24) is 0 Å². The summed E-state index contributed by atoms with van der Waals surface area (Å²) in [5.74, 6) is 0.152. The predicted molar refractivity (Wildman–Crippen MR) is 38.9 cm³/mol. The molecule has 0 aliphatic heterocycles. The number of aliphatic hydroxyl groups excluding tert-OH is 1. The molecule has 0 unspecified atom stereocenters. The first-order chi connectivity index (χ1) is 4.52. The van der Waals surface area contributed by atoms with Crippen LogP contribution in [0, 0.1) is 5.41 Å². The third-order valence-corrected chi connectivity index (χ3v) is 1.22. The van der Waals surface area contributed by atoms with Gasteiger partial charge in [0.05, 0.1) is 0 Å². The largest absolute Gasteiger partial charge is 0.409 e. The van der Waals surface area contributed by atoms with Gasteiger partial charge in [-0.2, -0.15) is 0 Å². The molecule has 0 saturated heterocycles. The molecule has 60 valence electrons. The number of amidine groups is 1. The van der Waals surface area contributed by atoms with Crippen LogP contribution in [0.1, 0.15) is 20.3 Å². The minimum Gasteiger partial charge on any atom is -0.409 e. The van der Waals surface area contributed by atoms with E-state index in [4.69, 9.17) is 16.0 Å². The maximum Gasteiger partial charge on any atom is 0.139 e. The van der Waals surface area contributed by atoms with Crippen molar-refractivity contribution in [3.63, 3.8) is 0 Å². The topological polar surface area (TPSA) is 78.8 Å². The van der Waals surface area contributed by atoms with Gasteiger partial charge in [-0.05, 0) is 5.41 Å². The Morgan fingerprint density at radius 2 is 2.10 bits per heavy atom. The summed E-state index contributed by atoms with van der Waals surface area (Å²) in [6.07, 6.45) is 0.403. The molecule has 0 aromatic rings. The number of hydrogen-bond donors (Lipinski definition) is 3. The Labute approximate surface area is 60.3 Å². The van der Waals surface area contributed by atoms with Crippen LogP contribution in [-0.4, -0.2) is 22.8 Å². The second-order valence-corrected chi connectivity index (χ2v) is 3.09. The van der Waals surface area contributed by atoms with E-state index in [2.05, 4.69) is 5.16 Å². The van der Waals surface area contributed by atoms with E-state index in [0.717, 1.165) is 0 Å². The fraction of sp³-hybridized carbons (Fsp3) is 0.833. The van der Waals surface area contributed by atoms with Crippen molar-refractivity contribution in [3.05, 3.63) is 0 Å². The van der Waals surface area contributed by atoms with Gasteiger partial charge in [-0.15, -0.1) is 0 Å². The first-order valence-corrected chi connectivity index (χ1v) is 3.09. The summed E-state index contributed by atoms with van der Waals surface area (Å²) in [6, 6.07) is 0. The van der Waals surface area contributed by atoms with Gasteiger partial charge in [0, 0.05) is 13.0 Å². The molecule has 0 atom stereocenters. The minimum atomic E-state index is -0.295. The van der Waals surface area contributed by atoms with Crippen LogP contribution in [0.15, 0.2) is 5.16 Å². The van der Waals surface area contributed by atoms with Gasteiger partial charge < -0.3 is 16.0 Å². The Morgan fingerprint density at radius 3 is 2.40 bits per heavy atom. The van der Waals surface area contributed by atoms with Crippen LogP contribution in [0.25, 0.3) is 0 Å². The fourth-order valence-corrected chi connectivity index (χ4v) is 0.582. The molecule has 0 heterocycles. The molecule has 0 aromatic carbocycles. The average molecular weight is 146 g/mol. The predicted octanol–water partition coefficient (Wildman–Crippen LogP) is 0.141. The maximum atomic E-state index is 8.75. The average Bonchev–Trinajstić information content (AvgIpc) is 1.87. The lowest BCUT2D eigenvalue weighted by atomic mass is 9.90. The van der Waals surface area contributed by atoms with Gasteiger partial charge in [-0.1, -0.05) is 19.0 Å². The Balaban J connectivity index is 3.88. The molecule has 4 heteroatoms. The molecule has 4 nitrogen and oxygen atoms in total. The lowest BCUT2D eigenvalue weighted by Gasteiger charge is -2.19. The number of nitrogens with zero attached hydrogens (tertiary/aromatic N) is 1. The summed E-state index contributed by atoms with van der Waals surface area (Å²) < 4.78 is 0. The highest BCUT2D eigenvalue weighted by molar-refractivity contribution is 5.80. The lowest BCUT2D eigenvalue weighted by molar-refractivity contribution is 0.164. The van der Waals surface area contributed by atoms with Gasteiger partial charge in [0.1, 0.15) is 5.84 Å². The summed E-state index contributed by atoms with van der Waals surface area (Å²) in [5, 5.41) is 19.7. The van der Waals surface area contributed by atoms with Crippen molar-refractivity contribution in [1.29, 1.82) is 0 Å². The second-order valence-electron chi connectivity index (χ2n) is 3.09. The highest BCUT2D eigenvalue weighted by Crippen LogP contribution is 2.18. The summed E-state index contributed by atoms with van der Waals surface area (Å²) in [5.41, 5.74) is 4.93. The SMILES string of the molecule is CC(C)(CO)C/C(N)=N/O. The Bertz CT molecular complexity index is 132. The van der Waals surface area contributed by atoms with Crippen LogP contribution >= 0.6 is 0 Å². The highest BCUT2D eigenvalue weighted by atomic mass is 16.4. The molecule has 0 amide bonds. The van der Waals surface area contributed by atoms with Gasteiger partial charge in [0.15, 0.2) is 0 Å². The lowest BCUT2D eigenvalue weighted by Crippen LogP contribution is -2.25. The molecule has 0 fully saturated rings. The Hall–Kier alpha value is -0.770. The monoisotopic (exact) mass is 146 g/mol. The number of rotatable bonds is 3. The molecular formula is C6H14N2O2. The fourth-order valence-electron chi connectivity index (χ4n) is 0.582. The van der Waals surface area contributed by atoms with Gasteiger partial charge in [0.2, 0.25) is 0 Å². The van der Waals surface area contributed by atoms with Crippen molar-refractivity contribution in [2.24, 2.45) is 16.3 Å². The minimum absolute atomic E-state index is 0.0310. The molecule has 0 aliphatic rings. The normalized spacial score (nSPS) is 13.7. The molecule has 0 aromatic heterocycles. The molecule has 0 bridgehead atoms. The molecule has 0 rings (SSSR count). The number of nitrogens with two attached hydrogens (primary N) is 1. The van der Waals surface area contributed by atoms with Crippen LogP contribution in [0.2, 0.25) is 0 Å². The van der Waals surface area contributed by atoms with Gasteiger partial charge in [-0.3, -0.25) is 0 Å². The van der Waals surface area contributed by atoms with E-state index in [0.29, 0.717) is 6.42 Å². The van der Waals surface area contributed by atoms with E-state index in [1.807, 2.05) is 13.8 Å². The van der Waals surface area contributed by atoms with Crippen LogP contribution < -0.4 is 5.73 Å². The Kier molecular flexibility index (Phi) is 3.15. The maximum absolute atomic E-state index is 8.75. The smallest absolute Gasteiger partial charge is 0.139 e. The van der Waals surface area contributed by atoms with E-state index < -0.39 is 0 Å². The number of oxime groups is 1. The molecule has 0 radical (unpaired) electrons. The van der Waals surface area contributed by atoms with E-state index in [9.17, 15) is 0 Å². The van der Waals surface area contributed by atoms with Crippen LogP contribution in [0.5, 0.6) is 0 Å². The van der Waals surface area contributed by atoms with Gasteiger partial charge >= 0.3 is 0 Å². The summed E-state index contributed by atoms with van der Waals surface area (Å²) in [6.45, 7) is 3.71. The summed E-state index contributed by atoms with van der Waals surface area (Å²) in [7, 11) is 0. The zero-order chi connectivity index (χ0) is 8.20. The first kappa shape index (κ1) is 9.23. The van der Waals surface area contributed by atoms with Crippen LogP contribution in [-0.2, 0) is 0 Å². The summed E-state index contributed by atoms with van der Waals surface area (Å²) in [4.78, 5) is 0. The second kappa shape index (κ2) is 3.41.